The van der Waals surface area contributed by atoms with Gasteiger partial charge in [-0.25, -0.2) is 0 Å². The Morgan fingerprint density at radius 2 is 0.872 bits per heavy atom. The van der Waals surface area contributed by atoms with Crippen LogP contribution in [0.15, 0.2) is 24.3 Å². The Bertz CT molecular complexity index is 687. The van der Waals surface area contributed by atoms with Gasteiger partial charge in [-0.05, 0) is 103 Å². The van der Waals surface area contributed by atoms with E-state index in [1.807, 2.05) is 12.2 Å². The van der Waals surface area contributed by atoms with Crippen LogP contribution in [0.4, 0.5) is 0 Å². The summed E-state index contributed by atoms with van der Waals surface area (Å²) in [4.78, 5) is 26.3. The Balaban J connectivity index is 3.99. The quantitative estimate of drug-likeness (QED) is 0.0285. The predicted molar refractivity (Wildman–Crippen MR) is 207 cm³/mol. The van der Waals surface area contributed by atoms with Gasteiger partial charge in [0.1, 0.15) is 13.2 Å². The first kappa shape index (κ1) is 45.8. The summed E-state index contributed by atoms with van der Waals surface area (Å²) in [5, 5.41) is 0. The Morgan fingerprint density at radius 3 is 1.30 bits per heavy atom. The number of esters is 2. The van der Waals surface area contributed by atoms with Crippen LogP contribution in [0.5, 0.6) is 0 Å². The van der Waals surface area contributed by atoms with Crippen molar-refractivity contribution >= 4 is 19.9 Å². The van der Waals surface area contributed by atoms with Crippen molar-refractivity contribution in [3.05, 3.63) is 24.3 Å². The van der Waals surface area contributed by atoms with E-state index in [4.69, 9.17) is 9.47 Å². The average Bonchev–Trinajstić information content (AvgIpc) is 3.05. The van der Waals surface area contributed by atoms with Crippen LogP contribution in [0, 0.1) is 0 Å². The molecule has 0 heterocycles. The second kappa shape index (κ2) is 37.6. The van der Waals surface area contributed by atoms with Crippen molar-refractivity contribution in [2.45, 2.75) is 174 Å². The van der Waals surface area contributed by atoms with Gasteiger partial charge in [-0.3, -0.25) is 9.59 Å². The molecule has 0 spiro atoms. The molecule has 0 aliphatic carbocycles. The standard InChI is InChI=1S/C41H78NO4P/c1-5-7-9-11-13-19-27-35-45-40(43)32-24-17-15-21-29-37-47(39-31-23-26-34-42(3)4)38-30-22-16-18-25-33-41(44)46-36-28-20-14-12-10-8-6-2/h19-20,27-28H,5-18,21-26,29-39H2,1-4H3. The maximum Gasteiger partial charge on any atom is 0.306 e. The van der Waals surface area contributed by atoms with E-state index < -0.39 is 0 Å². The van der Waals surface area contributed by atoms with Gasteiger partial charge in [-0.1, -0.05) is 122 Å². The summed E-state index contributed by atoms with van der Waals surface area (Å²) in [7, 11) is 4.47. The zero-order valence-corrected chi connectivity index (χ0v) is 32.7. The van der Waals surface area contributed by atoms with Gasteiger partial charge in [0.25, 0.3) is 0 Å². The monoisotopic (exact) mass is 680 g/mol. The molecule has 0 amide bonds. The molecule has 0 aliphatic heterocycles. The first-order chi connectivity index (χ1) is 23.0. The fourth-order valence-electron chi connectivity index (χ4n) is 5.72. The molecule has 6 heteroatoms. The summed E-state index contributed by atoms with van der Waals surface area (Å²) in [6.07, 6.45) is 42.0. The Hall–Kier alpha value is -1.19. The van der Waals surface area contributed by atoms with Gasteiger partial charge in [0.2, 0.25) is 0 Å². The second-order valence-corrected chi connectivity index (χ2v) is 16.4. The highest BCUT2D eigenvalue weighted by Gasteiger charge is 2.09. The lowest BCUT2D eigenvalue weighted by atomic mass is 10.1. The van der Waals surface area contributed by atoms with E-state index in [0.717, 1.165) is 38.5 Å². The molecule has 0 aliphatic rings. The molecule has 276 valence electrons. The highest BCUT2D eigenvalue weighted by Crippen LogP contribution is 2.39. The molecule has 0 aromatic carbocycles. The van der Waals surface area contributed by atoms with Crippen LogP contribution in [0.1, 0.15) is 174 Å². The molecule has 0 atom stereocenters. The molecule has 0 bridgehead atoms. The largest absolute Gasteiger partial charge is 0.461 e. The van der Waals surface area contributed by atoms with Crippen molar-refractivity contribution in [1.29, 1.82) is 0 Å². The Morgan fingerprint density at radius 1 is 0.489 bits per heavy atom. The van der Waals surface area contributed by atoms with E-state index in [0.29, 0.717) is 26.1 Å². The van der Waals surface area contributed by atoms with Crippen molar-refractivity contribution in [3.8, 4) is 0 Å². The van der Waals surface area contributed by atoms with Crippen molar-refractivity contribution in [2.75, 3.05) is 52.3 Å². The van der Waals surface area contributed by atoms with Gasteiger partial charge in [0.15, 0.2) is 0 Å². The molecule has 0 N–H and O–H groups in total. The summed E-state index contributed by atoms with van der Waals surface area (Å²) < 4.78 is 10.7. The Kier molecular flexibility index (Phi) is 36.7. The number of hydrogen-bond donors (Lipinski definition) is 0. The second-order valence-electron chi connectivity index (χ2n) is 13.7. The van der Waals surface area contributed by atoms with Crippen LogP contribution < -0.4 is 0 Å². The molecule has 5 nitrogen and oxygen atoms in total. The fraction of sp³-hybridized carbons (Fsp3) is 0.854. The van der Waals surface area contributed by atoms with Crippen LogP contribution in [0.25, 0.3) is 0 Å². The minimum Gasteiger partial charge on any atom is -0.461 e. The number of rotatable bonds is 36. The molecule has 0 saturated carbocycles. The third-order valence-electron chi connectivity index (χ3n) is 8.75. The van der Waals surface area contributed by atoms with Crippen molar-refractivity contribution in [3.63, 3.8) is 0 Å². The lowest BCUT2D eigenvalue weighted by Gasteiger charge is -2.18. The number of carbonyl (C=O) groups excluding carboxylic acids is 2. The molecule has 0 fully saturated rings. The smallest absolute Gasteiger partial charge is 0.306 e. The van der Waals surface area contributed by atoms with E-state index in [-0.39, 0.29) is 19.9 Å². The maximum absolute atomic E-state index is 12.0. The van der Waals surface area contributed by atoms with E-state index in [1.54, 1.807) is 0 Å². The first-order valence-electron chi connectivity index (χ1n) is 20.0. The summed E-state index contributed by atoms with van der Waals surface area (Å²) in [6, 6.07) is 0. The molecule has 0 unspecified atom stereocenters. The van der Waals surface area contributed by atoms with E-state index in [1.165, 1.54) is 134 Å². The van der Waals surface area contributed by atoms with Gasteiger partial charge in [-0.15, -0.1) is 7.92 Å². The number of ether oxygens (including phenoxy) is 2. The summed E-state index contributed by atoms with van der Waals surface area (Å²) in [6.45, 7) is 6.52. The zero-order valence-electron chi connectivity index (χ0n) is 31.8. The third-order valence-corrected chi connectivity index (χ3v) is 11.6. The molecule has 0 aromatic rings. The number of carbonyl (C=O) groups is 2. The fourth-order valence-corrected chi connectivity index (χ4v) is 8.41. The number of allylic oxidation sites excluding steroid dienone is 2. The summed E-state index contributed by atoms with van der Waals surface area (Å²) in [5.74, 6) is -0.0934. The number of nitrogens with zero attached hydrogens (tertiary/aromatic N) is 1. The molecule has 47 heavy (non-hydrogen) atoms. The van der Waals surface area contributed by atoms with Crippen LogP contribution in [0.2, 0.25) is 0 Å². The molecule has 0 radical (unpaired) electrons. The summed E-state index contributed by atoms with van der Waals surface area (Å²) >= 11 is 0. The van der Waals surface area contributed by atoms with Crippen LogP contribution in [0.3, 0.4) is 0 Å². The Labute approximate surface area is 294 Å². The predicted octanol–water partition coefficient (Wildman–Crippen LogP) is 12.0. The van der Waals surface area contributed by atoms with Gasteiger partial charge in [0, 0.05) is 12.8 Å². The lowest BCUT2D eigenvalue weighted by Crippen LogP contribution is -2.12. The first-order valence-corrected chi connectivity index (χ1v) is 21.9. The molecular weight excluding hydrogens is 601 g/mol. The van der Waals surface area contributed by atoms with Gasteiger partial charge in [-0.2, -0.15) is 0 Å². The minimum absolute atomic E-state index is 0.0467. The average molecular weight is 680 g/mol. The SMILES string of the molecule is CCCCCCC=CCOC(=O)CCCCCCCP(CCCCCCCC(=O)OCC=CCCCCCC)CCCCCN(C)C. The highest BCUT2D eigenvalue weighted by atomic mass is 31.1. The van der Waals surface area contributed by atoms with E-state index in [2.05, 4.69) is 45.0 Å². The van der Waals surface area contributed by atoms with Gasteiger partial charge < -0.3 is 14.4 Å². The van der Waals surface area contributed by atoms with Gasteiger partial charge in [0.05, 0.1) is 0 Å². The van der Waals surface area contributed by atoms with Crippen LogP contribution >= 0.6 is 7.92 Å². The molecule has 0 rings (SSSR count). The zero-order chi connectivity index (χ0) is 34.5. The van der Waals surface area contributed by atoms with E-state index >= 15 is 0 Å². The molecular formula is C41H78NO4P. The van der Waals surface area contributed by atoms with Crippen molar-refractivity contribution in [1.82, 2.24) is 4.90 Å². The molecule has 0 aromatic heterocycles. The maximum atomic E-state index is 12.0. The summed E-state index contributed by atoms with van der Waals surface area (Å²) in [5.41, 5.74) is 0. The number of hydrogen-bond acceptors (Lipinski definition) is 5. The van der Waals surface area contributed by atoms with Crippen molar-refractivity contribution < 1.29 is 19.1 Å². The molecule has 0 saturated heterocycles. The highest BCUT2D eigenvalue weighted by molar-refractivity contribution is 7.57. The van der Waals surface area contributed by atoms with Gasteiger partial charge >= 0.3 is 11.9 Å². The topological polar surface area (TPSA) is 55.8 Å². The van der Waals surface area contributed by atoms with E-state index in [9.17, 15) is 9.59 Å². The van der Waals surface area contributed by atoms with Crippen LogP contribution in [-0.4, -0.2) is 69.2 Å². The lowest BCUT2D eigenvalue weighted by molar-refractivity contribution is -0.143. The van der Waals surface area contributed by atoms with Crippen LogP contribution in [-0.2, 0) is 19.1 Å². The normalized spacial score (nSPS) is 12.4. The number of unbranched alkanes of at least 4 members (excludes halogenated alkanes) is 18. The minimum atomic E-state index is -0.0467. The third kappa shape index (κ3) is 37.5. The van der Waals surface area contributed by atoms with Crippen molar-refractivity contribution in [2.24, 2.45) is 0 Å².